The average Bonchev–Trinajstić information content (AvgIpc) is 3.52. The summed E-state index contributed by atoms with van der Waals surface area (Å²) in [7, 11) is 0. The van der Waals surface area contributed by atoms with Gasteiger partial charge in [0.1, 0.15) is 23.5 Å². The van der Waals surface area contributed by atoms with Crippen LogP contribution in [0.2, 0.25) is 5.02 Å². The van der Waals surface area contributed by atoms with Crippen LogP contribution >= 0.6 is 11.6 Å². The van der Waals surface area contributed by atoms with E-state index in [1.165, 1.54) is 35.1 Å². The molecule has 11 nitrogen and oxygen atoms in total. The van der Waals surface area contributed by atoms with E-state index in [1.54, 1.807) is 25.1 Å². The first-order valence-electron chi connectivity index (χ1n) is 12.0. The van der Waals surface area contributed by atoms with Crippen molar-refractivity contribution < 1.29 is 28.6 Å². The van der Waals surface area contributed by atoms with Crippen molar-refractivity contribution in [1.82, 2.24) is 30.2 Å². The molecule has 39 heavy (non-hydrogen) atoms. The van der Waals surface area contributed by atoms with Crippen LogP contribution in [-0.4, -0.2) is 55.2 Å². The number of esters is 1. The molecule has 0 unspecified atom stereocenters. The molecule has 0 aliphatic heterocycles. The fourth-order valence-corrected chi connectivity index (χ4v) is 4.58. The standard InChI is InChI=1S/C26H22ClFN6O5/c1-2-39-25(38)14-4-5-16-15(8-14)9-21(35)22(16)33-24(37)20-10-19(32-26-30-12-31-34(20)26)23(36)29-11-13-3-6-18(28)17(27)7-13/h3-8,10,12,21-22,35H,2,9,11H2,1H3,(H,29,36)(H,33,37)/t21-,22-/m1/s1. The van der Waals surface area contributed by atoms with Crippen LogP contribution in [0, 0.1) is 5.82 Å². The van der Waals surface area contributed by atoms with Crippen LogP contribution in [0.3, 0.4) is 0 Å². The molecule has 0 bridgehead atoms. The smallest absolute Gasteiger partial charge is 0.338 e. The molecule has 2 aromatic heterocycles. The van der Waals surface area contributed by atoms with Gasteiger partial charge < -0.3 is 20.5 Å². The van der Waals surface area contributed by atoms with Gasteiger partial charge in [0.15, 0.2) is 0 Å². The third kappa shape index (κ3) is 5.29. The Morgan fingerprint density at radius 1 is 1.18 bits per heavy atom. The van der Waals surface area contributed by atoms with Gasteiger partial charge in [0.05, 0.1) is 29.3 Å². The number of aliphatic hydroxyl groups excluding tert-OH is 1. The highest BCUT2D eigenvalue weighted by Gasteiger charge is 2.34. The fourth-order valence-electron chi connectivity index (χ4n) is 4.38. The zero-order valence-electron chi connectivity index (χ0n) is 20.5. The second kappa shape index (κ2) is 10.8. The van der Waals surface area contributed by atoms with E-state index in [9.17, 15) is 23.9 Å². The minimum atomic E-state index is -0.945. The maximum absolute atomic E-state index is 13.4. The van der Waals surface area contributed by atoms with Crippen LogP contribution in [-0.2, 0) is 17.7 Å². The molecule has 0 saturated heterocycles. The number of nitrogens with zero attached hydrogens (tertiary/aromatic N) is 4. The third-order valence-corrected chi connectivity index (χ3v) is 6.53. The van der Waals surface area contributed by atoms with Crippen molar-refractivity contribution in [1.29, 1.82) is 0 Å². The molecule has 0 fully saturated rings. The van der Waals surface area contributed by atoms with Gasteiger partial charge >= 0.3 is 5.97 Å². The first kappa shape index (κ1) is 26.2. The molecule has 2 heterocycles. The van der Waals surface area contributed by atoms with E-state index < -0.39 is 35.7 Å². The number of fused-ring (bicyclic) bond motifs is 2. The number of ether oxygens (including phenoxy) is 1. The summed E-state index contributed by atoms with van der Waals surface area (Å²) in [4.78, 5) is 46.5. The quantitative estimate of drug-likeness (QED) is 0.296. The summed E-state index contributed by atoms with van der Waals surface area (Å²) in [6.07, 6.45) is 0.474. The van der Waals surface area contributed by atoms with Gasteiger partial charge in [0, 0.05) is 19.0 Å². The second-order valence-electron chi connectivity index (χ2n) is 8.79. The first-order valence-corrected chi connectivity index (χ1v) is 12.3. The Morgan fingerprint density at radius 2 is 2.00 bits per heavy atom. The Balaban J connectivity index is 1.36. The predicted molar refractivity (Wildman–Crippen MR) is 136 cm³/mol. The lowest BCUT2D eigenvalue weighted by Crippen LogP contribution is -2.35. The number of aliphatic hydroxyl groups is 1. The average molecular weight is 553 g/mol. The van der Waals surface area contributed by atoms with Gasteiger partial charge in [0.25, 0.3) is 17.6 Å². The number of aromatic nitrogens is 4. The first-order chi connectivity index (χ1) is 18.7. The van der Waals surface area contributed by atoms with Crippen molar-refractivity contribution in [2.75, 3.05) is 6.61 Å². The maximum Gasteiger partial charge on any atom is 0.338 e. The molecule has 2 atom stereocenters. The highest BCUT2D eigenvalue weighted by Crippen LogP contribution is 2.32. The molecule has 0 spiro atoms. The lowest BCUT2D eigenvalue weighted by molar-refractivity contribution is 0.0526. The predicted octanol–water partition coefficient (Wildman–Crippen LogP) is 2.41. The molecule has 1 aliphatic rings. The lowest BCUT2D eigenvalue weighted by atomic mass is 10.0. The van der Waals surface area contributed by atoms with Gasteiger partial charge in [-0.05, 0) is 47.9 Å². The van der Waals surface area contributed by atoms with Crippen molar-refractivity contribution >= 4 is 35.2 Å². The van der Waals surface area contributed by atoms with Crippen molar-refractivity contribution in [3.8, 4) is 0 Å². The van der Waals surface area contributed by atoms with Gasteiger partial charge in [-0.15, -0.1) is 0 Å². The zero-order valence-corrected chi connectivity index (χ0v) is 21.3. The van der Waals surface area contributed by atoms with Gasteiger partial charge in [-0.1, -0.05) is 23.7 Å². The number of nitrogens with one attached hydrogen (secondary N) is 2. The topological polar surface area (TPSA) is 148 Å². The van der Waals surface area contributed by atoms with Crippen LogP contribution in [0.4, 0.5) is 4.39 Å². The lowest BCUT2D eigenvalue weighted by Gasteiger charge is -2.18. The minimum absolute atomic E-state index is 0.0177. The monoisotopic (exact) mass is 552 g/mol. The Bertz CT molecular complexity index is 1610. The highest BCUT2D eigenvalue weighted by molar-refractivity contribution is 6.30. The molecule has 0 saturated carbocycles. The van der Waals surface area contributed by atoms with Gasteiger partial charge in [-0.3, -0.25) is 9.59 Å². The van der Waals surface area contributed by atoms with Gasteiger partial charge in [-0.25, -0.2) is 14.2 Å². The van der Waals surface area contributed by atoms with Gasteiger partial charge in [-0.2, -0.15) is 14.6 Å². The largest absolute Gasteiger partial charge is 0.462 e. The normalized spacial score (nSPS) is 16.1. The second-order valence-corrected chi connectivity index (χ2v) is 9.19. The number of carbonyl (C=O) groups is 3. The molecule has 200 valence electrons. The van der Waals surface area contributed by atoms with Crippen LogP contribution in [0.25, 0.3) is 5.78 Å². The van der Waals surface area contributed by atoms with Crippen molar-refractivity contribution in [2.45, 2.75) is 32.0 Å². The molecule has 2 aromatic carbocycles. The van der Waals surface area contributed by atoms with Crippen molar-refractivity contribution in [3.63, 3.8) is 0 Å². The summed E-state index contributed by atoms with van der Waals surface area (Å²) < 4.78 is 19.6. The number of hydrogen-bond donors (Lipinski definition) is 3. The summed E-state index contributed by atoms with van der Waals surface area (Å²) in [6.45, 7) is 1.99. The molecule has 0 radical (unpaired) electrons. The van der Waals surface area contributed by atoms with Gasteiger partial charge in [0.2, 0.25) is 0 Å². The number of benzene rings is 2. The van der Waals surface area contributed by atoms with E-state index >= 15 is 0 Å². The molecule has 4 aromatic rings. The minimum Gasteiger partial charge on any atom is -0.462 e. The molecule has 2 amide bonds. The highest BCUT2D eigenvalue weighted by atomic mass is 35.5. The van der Waals surface area contributed by atoms with E-state index in [2.05, 4.69) is 25.7 Å². The van der Waals surface area contributed by atoms with Crippen LogP contribution in [0.1, 0.15) is 61.0 Å². The molecular weight excluding hydrogens is 531 g/mol. The Hall–Kier alpha value is -4.42. The fraction of sp³-hybridized carbons (Fsp3) is 0.231. The van der Waals surface area contributed by atoms with Crippen molar-refractivity contribution in [3.05, 3.63) is 93.3 Å². The van der Waals surface area contributed by atoms with E-state index in [0.29, 0.717) is 22.3 Å². The summed E-state index contributed by atoms with van der Waals surface area (Å²) in [6, 6.07) is 9.45. The molecule has 5 rings (SSSR count). The maximum atomic E-state index is 13.4. The van der Waals surface area contributed by atoms with E-state index in [1.807, 2.05) is 0 Å². The van der Waals surface area contributed by atoms with E-state index in [-0.39, 0.29) is 41.8 Å². The summed E-state index contributed by atoms with van der Waals surface area (Å²) in [5.74, 6) is -2.26. The van der Waals surface area contributed by atoms with E-state index in [0.717, 1.165) is 0 Å². The summed E-state index contributed by atoms with van der Waals surface area (Å²) >= 11 is 5.80. The molecule has 13 heteroatoms. The third-order valence-electron chi connectivity index (χ3n) is 6.24. The SMILES string of the molecule is CCOC(=O)c1ccc2c(c1)C[C@@H](O)[C@@H]2NC(=O)c1cc(C(=O)NCc2ccc(F)c(Cl)c2)nc2ncnn12. The summed E-state index contributed by atoms with van der Waals surface area (Å²) in [5, 5.41) is 20.1. The number of hydrogen-bond acceptors (Lipinski definition) is 8. The number of halogens is 2. The van der Waals surface area contributed by atoms with Crippen molar-refractivity contribution in [2.24, 2.45) is 0 Å². The molecular formula is C26H22ClFN6O5. The summed E-state index contributed by atoms with van der Waals surface area (Å²) in [5.41, 5.74) is 2.16. The number of carbonyl (C=O) groups excluding carboxylic acids is 3. The number of amides is 2. The van der Waals surface area contributed by atoms with E-state index in [4.69, 9.17) is 16.3 Å². The Kier molecular flexibility index (Phi) is 7.22. The number of rotatable bonds is 7. The van der Waals surface area contributed by atoms with Crippen LogP contribution in [0.5, 0.6) is 0 Å². The molecule has 3 N–H and O–H groups in total. The van der Waals surface area contributed by atoms with Crippen LogP contribution in [0.15, 0.2) is 48.8 Å². The van der Waals surface area contributed by atoms with Crippen LogP contribution < -0.4 is 10.6 Å². The Morgan fingerprint density at radius 3 is 2.77 bits per heavy atom. The zero-order chi connectivity index (χ0) is 27.7. The molecule has 1 aliphatic carbocycles. The Labute approximate surface area is 226 Å².